The number of nitrogens with zero attached hydrogens (tertiary/aromatic N) is 4. The number of piperazine rings is 1. The van der Waals surface area contributed by atoms with E-state index in [1.165, 1.54) is 6.07 Å². The third kappa shape index (κ3) is 5.29. The third-order valence-electron chi connectivity index (χ3n) is 5.52. The Morgan fingerprint density at radius 2 is 1.81 bits per heavy atom. The first-order valence-electron chi connectivity index (χ1n) is 10.6. The molecule has 2 aromatic carbocycles. The van der Waals surface area contributed by atoms with Crippen LogP contribution in [0.2, 0.25) is 5.02 Å². The summed E-state index contributed by atoms with van der Waals surface area (Å²) in [5.74, 6) is 0.361. The van der Waals surface area contributed by atoms with Gasteiger partial charge in [-0.05, 0) is 55.3 Å². The highest BCUT2D eigenvalue weighted by Gasteiger charge is 2.24. The molecule has 0 aliphatic carbocycles. The summed E-state index contributed by atoms with van der Waals surface area (Å²) >= 11 is 6.14. The highest BCUT2D eigenvalue weighted by Crippen LogP contribution is 2.22. The molecule has 0 N–H and O–H groups in total. The number of aryl methyl sites for hydroxylation is 2. The van der Waals surface area contributed by atoms with Gasteiger partial charge in [-0.25, -0.2) is 9.07 Å². The van der Waals surface area contributed by atoms with Crippen molar-refractivity contribution in [3.63, 3.8) is 0 Å². The summed E-state index contributed by atoms with van der Waals surface area (Å²) in [6.45, 7) is 7.10. The lowest BCUT2D eigenvalue weighted by Gasteiger charge is -2.34. The second kappa shape index (κ2) is 9.71. The van der Waals surface area contributed by atoms with Gasteiger partial charge in [-0.2, -0.15) is 5.10 Å². The van der Waals surface area contributed by atoms with Gasteiger partial charge in [-0.1, -0.05) is 23.7 Å². The van der Waals surface area contributed by atoms with E-state index in [1.54, 1.807) is 34.0 Å². The van der Waals surface area contributed by atoms with Gasteiger partial charge < -0.3 is 9.64 Å². The van der Waals surface area contributed by atoms with Crippen molar-refractivity contribution in [2.24, 2.45) is 0 Å². The molecular formula is C24H26ClFN4O2. The summed E-state index contributed by atoms with van der Waals surface area (Å²) < 4.78 is 21.5. The van der Waals surface area contributed by atoms with E-state index in [0.29, 0.717) is 49.0 Å². The molecule has 32 heavy (non-hydrogen) atoms. The molecule has 1 amide bonds. The molecule has 1 saturated heterocycles. The fraction of sp³-hybridized carbons (Fsp3) is 0.333. The number of benzene rings is 2. The summed E-state index contributed by atoms with van der Waals surface area (Å²) in [6, 6.07) is 12.4. The molecule has 1 fully saturated rings. The van der Waals surface area contributed by atoms with Crippen LogP contribution in [0.15, 0.2) is 48.7 Å². The number of amides is 1. The average Bonchev–Trinajstić information content (AvgIpc) is 3.23. The van der Waals surface area contributed by atoms with Crippen LogP contribution in [0, 0.1) is 19.7 Å². The standard InChI is InChI=1S/C24H26ClFN4O2/c1-17-12-18(2)14-19(13-17)32-16-30-7-6-23(27-30)24(31)29-10-8-28(9-11-29)15-20-21(25)4-3-5-22(20)26/h3-7,12-14H,8-11,15-16H2,1-2H3. The van der Waals surface area contributed by atoms with Crippen LogP contribution >= 0.6 is 11.6 Å². The first-order chi connectivity index (χ1) is 15.4. The minimum absolute atomic E-state index is 0.112. The first-order valence-corrected chi connectivity index (χ1v) is 11.0. The average molecular weight is 457 g/mol. The summed E-state index contributed by atoms with van der Waals surface area (Å²) in [4.78, 5) is 16.7. The number of halogens is 2. The predicted molar refractivity (Wildman–Crippen MR) is 121 cm³/mol. The fourth-order valence-corrected chi connectivity index (χ4v) is 4.11. The maximum atomic E-state index is 14.0. The Morgan fingerprint density at radius 3 is 2.50 bits per heavy atom. The van der Waals surface area contributed by atoms with Gasteiger partial charge >= 0.3 is 0 Å². The molecule has 0 bridgehead atoms. The number of rotatable bonds is 6. The minimum Gasteiger partial charge on any atom is -0.471 e. The van der Waals surface area contributed by atoms with Crippen molar-refractivity contribution >= 4 is 17.5 Å². The normalized spacial score (nSPS) is 14.6. The highest BCUT2D eigenvalue weighted by molar-refractivity contribution is 6.31. The van der Waals surface area contributed by atoms with E-state index >= 15 is 0 Å². The minimum atomic E-state index is -0.301. The molecule has 0 atom stereocenters. The molecule has 1 aliphatic rings. The van der Waals surface area contributed by atoms with Gasteiger partial charge in [0.2, 0.25) is 0 Å². The van der Waals surface area contributed by atoms with E-state index in [0.717, 1.165) is 16.9 Å². The quantitative estimate of drug-likeness (QED) is 0.555. The molecule has 6 nitrogen and oxygen atoms in total. The van der Waals surface area contributed by atoms with Gasteiger partial charge in [-0.3, -0.25) is 9.69 Å². The van der Waals surface area contributed by atoms with Crippen molar-refractivity contribution in [2.75, 3.05) is 26.2 Å². The predicted octanol–water partition coefficient (Wildman–Crippen LogP) is 4.29. The summed E-state index contributed by atoms with van der Waals surface area (Å²) in [5, 5.41) is 4.80. The Morgan fingerprint density at radius 1 is 1.09 bits per heavy atom. The van der Waals surface area contributed by atoms with Crippen LogP contribution in [0.5, 0.6) is 5.75 Å². The number of hydrogen-bond donors (Lipinski definition) is 0. The van der Waals surface area contributed by atoms with Crippen LogP contribution in [-0.4, -0.2) is 51.7 Å². The van der Waals surface area contributed by atoms with Crippen molar-refractivity contribution < 1.29 is 13.9 Å². The Balaban J connectivity index is 1.30. The largest absolute Gasteiger partial charge is 0.471 e. The number of hydrogen-bond acceptors (Lipinski definition) is 4. The maximum Gasteiger partial charge on any atom is 0.274 e. The molecule has 1 aliphatic heterocycles. The summed E-state index contributed by atoms with van der Waals surface area (Å²) in [7, 11) is 0. The fourth-order valence-electron chi connectivity index (χ4n) is 3.88. The lowest BCUT2D eigenvalue weighted by molar-refractivity contribution is 0.0619. The van der Waals surface area contributed by atoms with Gasteiger partial charge in [0.05, 0.1) is 0 Å². The zero-order chi connectivity index (χ0) is 22.7. The number of carbonyl (C=O) groups excluding carboxylic acids is 1. The lowest BCUT2D eigenvalue weighted by Crippen LogP contribution is -2.48. The van der Waals surface area contributed by atoms with Crippen LogP contribution in [0.4, 0.5) is 4.39 Å². The molecule has 1 aromatic heterocycles. The van der Waals surface area contributed by atoms with Gasteiger partial charge in [0.15, 0.2) is 12.4 Å². The SMILES string of the molecule is Cc1cc(C)cc(OCn2ccc(C(=O)N3CCN(Cc4c(F)cccc4Cl)CC3)n2)c1. The van der Waals surface area contributed by atoms with Crippen molar-refractivity contribution in [3.05, 3.63) is 81.9 Å². The monoisotopic (exact) mass is 456 g/mol. The van der Waals surface area contributed by atoms with E-state index in [1.807, 2.05) is 26.0 Å². The van der Waals surface area contributed by atoms with E-state index < -0.39 is 0 Å². The molecule has 4 rings (SSSR count). The number of aromatic nitrogens is 2. The second-order valence-electron chi connectivity index (χ2n) is 8.11. The van der Waals surface area contributed by atoms with Crippen LogP contribution in [0.1, 0.15) is 27.2 Å². The third-order valence-corrected chi connectivity index (χ3v) is 5.88. The van der Waals surface area contributed by atoms with E-state index in [2.05, 4.69) is 16.1 Å². The van der Waals surface area contributed by atoms with Crippen LogP contribution < -0.4 is 4.74 Å². The molecular weight excluding hydrogens is 431 g/mol. The zero-order valence-corrected chi connectivity index (χ0v) is 19.0. The van der Waals surface area contributed by atoms with Crippen molar-refractivity contribution in [1.29, 1.82) is 0 Å². The van der Waals surface area contributed by atoms with E-state index in [4.69, 9.17) is 16.3 Å². The molecule has 3 aromatic rings. The highest BCUT2D eigenvalue weighted by atomic mass is 35.5. The van der Waals surface area contributed by atoms with Crippen molar-refractivity contribution in [1.82, 2.24) is 19.6 Å². The lowest BCUT2D eigenvalue weighted by atomic mass is 10.1. The van der Waals surface area contributed by atoms with Crippen LogP contribution in [-0.2, 0) is 13.3 Å². The van der Waals surface area contributed by atoms with Crippen molar-refractivity contribution in [3.8, 4) is 5.75 Å². The van der Waals surface area contributed by atoms with Crippen LogP contribution in [0.3, 0.4) is 0 Å². The molecule has 0 spiro atoms. The molecule has 168 valence electrons. The van der Waals surface area contributed by atoms with Gasteiger partial charge in [0, 0.05) is 49.5 Å². The molecule has 0 radical (unpaired) electrons. The Bertz CT molecular complexity index is 1070. The van der Waals surface area contributed by atoms with Crippen LogP contribution in [0.25, 0.3) is 0 Å². The smallest absolute Gasteiger partial charge is 0.274 e. The number of carbonyl (C=O) groups is 1. The Kier molecular flexibility index (Phi) is 6.77. The molecule has 8 heteroatoms. The Labute approximate surface area is 192 Å². The maximum absolute atomic E-state index is 14.0. The molecule has 0 saturated carbocycles. The zero-order valence-electron chi connectivity index (χ0n) is 18.2. The van der Waals surface area contributed by atoms with Gasteiger partial charge in [0.25, 0.3) is 5.91 Å². The first kappa shape index (κ1) is 22.3. The second-order valence-corrected chi connectivity index (χ2v) is 8.51. The Hall–Kier alpha value is -2.90. The summed E-state index contributed by atoms with van der Waals surface area (Å²) in [6.07, 6.45) is 1.74. The molecule has 2 heterocycles. The topological polar surface area (TPSA) is 50.6 Å². The van der Waals surface area contributed by atoms with E-state index in [-0.39, 0.29) is 18.5 Å². The van der Waals surface area contributed by atoms with Gasteiger partial charge in [-0.15, -0.1) is 0 Å². The number of ether oxygens (including phenoxy) is 1. The summed E-state index contributed by atoms with van der Waals surface area (Å²) in [5.41, 5.74) is 3.15. The van der Waals surface area contributed by atoms with E-state index in [9.17, 15) is 9.18 Å². The van der Waals surface area contributed by atoms with Crippen molar-refractivity contribution in [2.45, 2.75) is 27.1 Å². The molecule has 0 unspecified atom stereocenters. The van der Waals surface area contributed by atoms with Gasteiger partial charge in [0.1, 0.15) is 11.6 Å².